The van der Waals surface area contributed by atoms with Crippen LogP contribution in [0.1, 0.15) is 11.3 Å². The fourth-order valence-electron chi connectivity index (χ4n) is 1.19. The number of aliphatic hydroxyl groups is 1. The summed E-state index contributed by atoms with van der Waals surface area (Å²) in [4.78, 5) is 0. The van der Waals surface area contributed by atoms with Gasteiger partial charge >= 0.3 is 0 Å². The quantitative estimate of drug-likeness (QED) is 0.646. The van der Waals surface area contributed by atoms with Gasteiger partial charge in [-0.3, -0.25) is 4.68 Å². The highest BCUT2D eigenvalue weighted by molar-refractivity contribution is 5.16. The van der Waals surface area contributed by atoms with Crippen LogP contribution in [0.5, 0.6) is 0 Å². The van der Waals surface area contributed by atoms with Gasteiger partial charge in [-0.1, -0.05) is 0 Å². The van der Waals surface area contributed by atoms with Crippen molar-refractivity contribution >= 4 is 0 Å². The Balaban J connectivity index is 2.68. The summed E-state index contributed by atoms with van der Waals surface area (Å²) in [7, 11) is 1.87. The molecule has 0 aliphatic rings. The third kappa shape index (κ3) is 2.06. The van der Waals surface area contributed by atoms with Crippen LogP contribution in [0.3, 0.4) is 0 Å². The van der Waals surface area contributed by atoms with Gasteiger partial charge in [0.15, 0.2) is 0 Å². The lowest BCUT2D eigenvalue weighted by molar-refractivity contribution is 0.183. The highest BCUT2D eigenvalue weighted by atomic mass is 16.3. The zero-order valence-electron chi connectivity index (χ0n) is 7.49. The van der Waals surface area contributed by atoms with E-state index in [4.69, 9.17) is 5.73 Å². The summed E-state index contributed by atoms with van der Waals surface area (Å²) in [5.41, 5.74) is 7.33. The van der Waals surface area contributed by atoms with Gasteiger partial charge in [0.1, 0.15) is 0 Å². The molecule has 1 aromatic rings. The molecule has 1 heterocycles. The van der Waals surface area contributed by atoms with Gasteiger partial charge in [-0.15, -0.1) is 0 Å². The molecule has 68 valence electrons. The zero-order valence-corrected chi connectivity index (χ0v) is 7.49. The first-order valence-corrected chi connectivity index (χ1v) is 4.00. The number of rotatable bonds is 3. The van der Waals surface area contributed by atoms with Crippen molar-refractivity contribution < 1.29 is 5.11 Å². The van der Waals surface area contributed by atoms with E-state index in [2.05, 4.69) is 5.10 Å². The van der Waals surface area contributed by atoms with Crippen molar-refractivity contribution in [3.8, 4) is 0 Å². The number of aromatic nitrogens is 2. The van der Waals surface area contributed by atoms with Gasteiger partial charge in [0.25, 0.3) is 0 Å². The zero-order chi connectivity index (χ0) is 9.14. The molecular formula is C8H15N3O. The molecule has 0 spiro atoms. The van der Waals surface area contributed by atoms with Crippen LogP contribution in [0.25, 0.3) is 0 Å². The molecule has 1 aromatic heterocycles. The maximum absolute atomic E-state index is 9.28. The minimum atomic E-state index is -0.451. The van der Waals surface area contributed by atoms with E-state index in [9.17, 15) is 5.11 Å². The summed E-state index contributed by atoms with van der Waals surface area (Å²) in [5.74, 6) is 0. The van der Waals surface area contributed by atoms with Crippen molar-refractivity contribution in [2.75, 3.05) is 6.54 Å². The van der Waals surface area contributed by atoms with Crippen molar-refractivity contribution in [2.24, 2.45) is 12.8 Å². The van der Waals surface area contributed by atoms with E-state index in [0.717, 1.165) is 11.3 Å². The van der Waals surface area contributed by atoms with Crippen LogP contribution in [0.15, 0.2) is 6.20 Å². The molecule has 0 bridgehead atoms. The van der Waals surface area contributed by atoms with Crippen LogP contribution < -0.4 is 5.73 Å². The van der Waals surface area contributed by atoms with Gasteiger partial charge in [-0.25, -0.2) is 0 Å². The molecule has 1 rings (SSSR count). The lowest BCUT2D eigenvalue weighted by Gasteiger charge is -2.04. The Hall–Kier alpha value is -0.870. The van der Waals surface area contributed by atoms with Crippen LogP contribution in [-0.4, -0.2) is 27.5 Å². The highest BCUT2D eigenvalue weighted by Crippen LogP contribution is 2.07. The SMILES string of the molecule is Cc1nn(C)cc1CC(O)CN. The summed E-state index contributed by atoms with van der Waals surface area (Å²) in [5, 5.41) is 13.4. The van der Waals surface area contributed by atoms with E-state index in [-0.39, 0.29) is 0 Å². The Morgan fingerprint density at radius 3 is 2.83 bits per heavy atom. The number of aliphatic hydroxyl groups excluding tert-OH is 1. The van der Waals surface area contributed by atoms with Gasteiger partial charge in [0.2, 0.25) is 0 Å². The molecule has 0 amide bonds. The molecule has 0 aliphatic heterocycles. The first-order valence-electron chi connectivity index (χ1n) is 4.00. The molecule has 1 atom stereocenters. The number of hydrogen-bond donors (Lipinski definition) is 2. The van der Waals surface area contributed by atoms with Crippen LogP contribution in [-0.2, 0) is 13.5 Å². The van der Waals surface area contributed by atoms with Gasteiger partial charge in [0, 0.05) is 26.2 Å². The molecule has 1 unspecified atom stereocenters. The smallest absolute Gasteiger partial charge is 0.0703 e. The Morgan fingerprint density at radius 1 is 1.75 bits per heavy atom. The molecular weight excluding hydrogens is 154 g/mol. The first kappa shape index (κ1) is 9.22. The van der Waals surface area contributed by atoms with Gasteiger partial charge in [0.05, 0.1) is 11.8 Å². The minimum Gasteiger partial charge on any atom is -0.391 e. The summed E-state index contributed by atoms with van der Waals surface area (Å²) in [6.45, 7) is 2.23. The Labute approximate surface area is 72.0 Å². The van der Waals surface area contributed by atoms with Crippen molar-refractivity contribution in [3.05, 3.63) is 17.5 Å². The largest absolute Gasteiger partial charge is 0.391 e. The Kier molecular flexibility index (Phi) is 2.83. The third-order valence-corrected chi connectivity index (χ3v) is 1.84. The van der Waals surface area contributed by atoms with E-state index in [1.54, 1.807) is 4.68 Å². The first-order chi connectivity index (χ1) is 5.63. The van der Waals surface area contributed by atoms with Crippen LogP contribution in [0.4, 0.5) is 0 Å². The molecule has 4 heteroatoms. The highest BCUT2D eigenvalue weighted by Gasteiger charge is 2.07. The number of nitrogens with two attached hydrogens (primary N) is 1. The second kappa shape index (κ2) is 3.69. The number of aryl methyl sites for hydroxylation is 2. The number of nitrogens with zero attached hydrogens (tertiary/aromatic N) is 2. The predicted octanol–water partition coefficient (Wildman–Crippen LogP) is -0.409. The Bertz CT molecular complexity index is 257. The van der Waals surface area contributed by atoms with E-state index < -0.39 is 6.10 Å². The van der Waals surface area contributed by atoms with Gasteiger partial charge in [-0.2, -0.15) is 5.10 Å². The van der Waals surface area contributed by atoms with Crippen molar-refractivity contribution in [2.45, 2.75) is 19.4 Å². The Morgan fingerprint density at radius 2 is 2.42 bits per heavy atom. The summed E-state index contributed by atoms with van der Waals surface area (Å²) in [6.07, 6.45) is 2.05. The topological polar surface area (TPSA) is 64.1 Å². The fraction of sp³-hybridized carbons (Fsp3) is 0.625. The summed E-state index contributed by atoms with van der Waals surface area (Å²) in [6, 6.07) is 0. The van der Waals surface area contributed by atoms with Crippen LogP contribution in [0.2, 0.25) is 0 Å². The van der Waals surface area contributed by atoms with E-state index >= 15 is 0 Å². The molecule has 3 N–H and O–H groups in total. The van der Waals surface area contributed by atoms with Gasteiger partial charge < -0.3 is 10.8 Å². The molecule has 0 radical (unpaired) electrons. The lowest BCUT2D eigenvalue weighted by Crippen LogP contribution is -2.22. The van der Waals surface area contributed by atoms with Crippen LogP contribution in [0, 0.1) is 6.92 Å². The number of hydrogen-bond acceptors (Lipinski definition) is 3. The van der Waals surface area contributed by atoms with E-state index in [1.165, 1.54) is 0 Å². The molecule has 0 aliphatic carbocycles. The second-order valence-corrected chi connectivity index (χ2v) is 3.01. The summed E-state index contributed by atoms with van der Waals surface area (Å²) < 4.78 is 1.74. The van der Waals surface area contributed by atoms with E-state index in [1.807, 2.05) is 20.2 Å². The molecule has 0 fully saturated rings. The average Bonchev–Trinajstić information content (AvgIpc) is 2.30. The minimum absolute atomic E-state index is 0.300. The standard InChI is InChI=1S/C8H15N3O/c1-6-7(3-8(12)4-9)5-11(2)10-6/h5,8,12H,3-4,9H2,1-2H3. The van der Waals surface area contributed by atoms with Gasteiger partial charge in [-0.05, 0) is 12.5 Å². The molecule has 0 saturated heterocycles. The molecule has 0 aromatic carbocycles. The lowest BCUT2D eigenvalue weighted by atomic mass is 10.1. The molecule has 0 saturated carbocycles. The van der Waals surface area contributed by atoms with Crippen molar-refractivity contribution in [1.29, 1.82) is 0 Å². The monoisotopic (exact) mass is 169 g/mol. The predicted molar refractivity (Wildman–Crippen MR) is 46.7 cm³/mol. The van der Waals surface area contributed by atoms with Crippen molar-refractivity contribution in [3.63, 3.8) is 0 Å². The molecule has 4 nitrogen and oxygen atoms in total. The maximum Gasteiger partial charge on any atom is 0.0703 e. The van der Waals surface area contributed by atoms with E-state index in [0.29, 0.717) is 13.0 Å². The summed E-state index contributed by atoms with van der Waals surface area (Å²) >= 11 is 0. The fourth-order valence-corrected chi connectivity index (χ4v) is 1.19. The maximum atomic E-state index is 9.28. The van der Waals surface area contributed by atoms with Crippen LogP contribution >= 0.6 is 0 Å². The van der Waals surface area contributed by atoms with Crippen molar-refractivity contribution in [1.82, 2.24) is 9.78 Å². The second-order valence-electron chi connectivity index (χ2n) is 3.01. The normalized spacial score (nSPS) is 13.3. The average molecular weight is 169 g/mol. The third-order valence-electron chi connectivity index (χ3n) is 1.84. The molecule has 12 heavy (non-hydrogen) atoms.